The zero-order valence-corrected chi connectivity index (χ0v) is 15.8. The van der Waals surface area contributed by atoms with Gasteiger partial charge in [-0.15, -0.1) is 23.4 Å². The molecule has 3 aromatic rings. The topological polar surface area (TPSA) is 75.2 Å². The molecule has 0 aliphatic rings. The SMILES string of the molecule is COc1ccccc1-c1nnc(SC(C)c2ccc(OC(F)(F)F)cc2)n1N. The van der Waals surface area contributed by atoms with Crippen LogP contribution in [0.5, 0.6) is 11.5 Å². The zero-order valence-electron chi connectivity index (χ0n) is 15.0. The summed E-state index contributed by atoms with van der Waals surface area (Å²) in [6.45, 7) is 1.89. The Morgan fingerprint density at radius 1 is 1.07 bits per heavy atom. The molecule has 10 heteroatoms. The Bertz CT molecular complexity index is 945. The molecule has 2 N–H and O–H groups in total. The summed E-state index contributed by atoms with van der Waals surface area (Å²) in [4.78, 5) is 0. The summed E-state index contributed by atoms with van der Waals surface area (Å²) in [5.74, 6) is 6.94. The average molecular weight is 410 g/mol. The lowest BCUT2D eigenvalue weighted by Crippen LogP contribution is -2.17. The molecule has 1 aromatic heterocycles. The van der Waals surface area contributed by atoms with E-state index in [2.05, 4.69) is 14.9 Å². The number of nitrogens with two attached hydrogens (primary N) is 1. The van der Waals surface area contributed by atoms with Gasteiger partial charge in [0.25, 0.3) is 0 Å². The largest absolute Gasteiger partial charge is 0.573 e. The number of benzene rings is 2. The first-order valence-corrected chi connectivity index (χ1v) is 9.02. The number of nitrogens with zero attached hydrogens (tertiary/aromatic N) is 3. The summed E-state index contributed by atoms with van der Waals surface area (Å²) in [5.41, 5.74) is 1.49. The minimum Gasteiger partial charge on any atom is -0.496 e. The van der Waals surface area contributed by atoms with Gasteiger partial charge in [-0.3, -0.25) is 0 Å². The average Bonchev–Trinajstić information content (AvgIpc) is 3.01. The fourth-order valence-corrected chi connectivity index (χ4v) is 3.43. The highest BCUT2D eigenvalue weighted by Crippen LogP contribution is 2.36. The van der Waals surface area contributed by atoms with Gasteiger partial charge in [0.1, 0.15) is 11.5 Å². The lowest BCUT2D eigenvalue weighted by Gasteiger charge is -2.13. The van der Waals surface area contributed by atoms with E-state index in [1.54, 1.807) is 25.3 Å². The van der Waals surface area contributed by atoms with E-state index in [1.807, 2.05) is 25.1 Å². The maximum Gasteiger partial charge on any atom is 0.573 e. The van der Waals surface area contributed by atoms with Crippen molar-refractivity contribution in [3.8, 4) is 22.9 Å². The van der Waals surface area contributed by atoms with E-state index in [-0.39, 0.29) is 11.0 Å². The van der Waals surface area contributed by atoms with Crippen LogP contribution in [0, 0.1) is 0 Å². The van der Waals surface area contributed by atoms with Gasteiger partial charge in [0, 0.05) is 5.25 Å². The zero-order chi connectivity index (χ0) is 20.3. The van der Waals surface area contributed by atoms with Crippen molar-refractivity contribution in [1.82, 2.24) is 14.9 Å². The van der Waals surface area contributed by atoms with Crippen LogP contribution in [-0.4, -0.2) is 28.3 Å². The molecule has 0 spiro atoms. The van der Waals surface area contributed by atoms with E-state index in [9.17, 15) is 13.2 Å². The predicted octanol–water partition coefficient (Wildman–Crippen LogP) is 4.42. The molecule has 0 fully saturated rings. The lowest BCUT2D eigenvalue weighted by molar-refractivity contribution is -0.274. The number of ether oxygens (including phenoxy) is 2. The Kier molecular flexibility index (Phi) is 5.68. The monoisotopic (exact) mass is 410 g/mol. The smallest absolute Gasteiger partial charge is 0.496 e. The van der Waals surface area contributed by atoms with Gasteiger partial charge >= 0.3 is 6.36 Å². The summed E-state index contributed by atoms with van der Waals surface area (Å²) in [7, 11) is 1.56. The Balaban J connectivity index is 1.76. The summed E-state index contributed by atoms with van der Waals surface area (Å²) in [6, 6.07) is 13.0. The van der Waals surface area contributed by atoms with E-state index in [4.69, 9.17) is 10.6 Å². The van der Waals surface area contributed by atoms with Gasteiger partial charge in [-0.05, 0) is 36.8 Å². The second-order valence-corrected chi connectivity index (χ2v) is 7.06. The summed E-state index contributed by atoms with van der Waals surface area (Å²) < 4.78 is 47.4. The molecule has 0 aliphatic heterocycles. The Morgan fingerprint density at radius 2 is 1.75 bits per heavy atom. The Morgan fingerprint density at radius 3 is 2.39 bits per heavy atom. The first-order valence-electron chi connectivity index (χ1n) is 8.14. The number of rotatable bonds is 6. The van der Waals surface area contributed by atoms with Crippen molar-refractivity contribution in [2.24, 2.45) is 0 Å². The maximum atomic E-state index is 12.3. The number of para-hydroxylation sites is 1. The standard InChI is InChI=1S/C18H17F3N4O2S/c1-11(12-7-9-13(10-8-12)27-18(19,20)21)28-17-24-23-16(25(17)22)14-5-3-4-6-15(14)26-2/h3-11H,22H2,1-2H3. The van der Waals surface area contributed by atoms with Crippen LogP contribution >= 0.6 is 11.8 Å². The fraction of sp³-hybridized carbons (Fsp3) is 0.222. The van der Waals surface area contributed by atoms with E-state index in [1.165, 1.54) is 28.6 Å². The molecule has 0 bridgehead atoms. The lowest BCUT2D eigenvalue weighted by atomic mass is 10.2. The molecule has 28 heavy (non-hydrogen) atoms. The third kappa shape index (κ3) is 4.50. The number of thioether (sulfide) groups is 1. The second-order valence-electron chi connectivity index (χ2n) is 5.75. The van der Waals surface area contributed by atoms with Crippen LogP contribution in [0.1, 0.15) is 17.7 Å². The summed E-state index contributed by atoms with van der Waals surface area (Å²) in [5, 5.41) is 8.59. The fourth-order valence-electron chi connectivity index (χ4n) is 2.54. The molecule has 6 nitrogen and oxygen atoms in total. The second kappa shape index (κ2) is 8.01. The molecule has 148 valence electrons. The number of methoxy groups -OCH3 is 1. The molecule has 1 atom stereocenters. The molecule has 1 heterocycles. The van der Waals surface area contributed by atoms with Crippen molar-refractivity contribution in [2.75, 3.05) is 13.0 Å². The Hall–Kier alpha value is -2.88. The molecular weight excluding hydrogens is 393 g/mol. The molecule has 0 aliphatic carbocycles. The van der Waals surface area contributed by atoms with E-state index in [0.29, 0.717) is 22.3 Å². The van der Waals surface area contributed by atoms with Gasteiger partial charge in [-0.1, -0.05) is 36.0 Å². The number of nitrogen functional groups attached to an aromatic ring is 1. The molecule has 3 rings (SSSR count). The van der Waals surface area contributed by atoms with Crippen LogP contribution in [0.15, 0.2) is 53.7 Å². The van der Waals surface area contributed by atoms with Gasteiger partial charge in [0.05, 0.1) is 12.7 Å². The highest BCUT2D eigenvalue weighted by molar-refractivity contribution is 7.99. The number of aromatic nitrogens is 3. The van der Waals surface area contributed by atoms with Crippen LogP contribution in [0.4, 0.5) is 13.2 Å². The van der Waals surface area contributed by atoms with Gasteiger partial charge in [0.2, 0.25) is 5.16 Å². The van der Waals surface area contributed by atoms with Gasteiger partial charge in [-0.25, -0.2) is 4.68 Å². The highest BCUT2D eigenvalue weighted by Gasteiger charge is 2.31. The van der Waals surface area contributed by atoms with Crippen LogP contribution in [0.3, 0.4) is 0 Å². The van der Waals surface area contributed by atoms with Crippen molar-refractivity contribution in [3.05, 3.63) is 54.1 Å². The molecule has 0 amide bonds. The molecule has 0 saturated heterocycles. The van der Waals surface area contributed by atoms with Crippen molar-refractivity contribution in [3.63, 3.8) is 0 Å². The minimum absolute atomic E-state index is 0.128. The summed E-state index contributed by atoms with van der Waals surface area (Å²) in [6.07, 6.45) is -4.72. The Labute approximate surface area is 163 Å². The summed E-state index contributed by atoms with van der Waals surface area (Å²) >= 11 is 1.33. The van der Waals surface area contributed by atoms with Crippen molar-refractivity contribution >= 4 is 11.8 Å². The van der Waals surface area contributed by atoms with Crippen LogP contribution in [0.25, 0.3) is 11.4 Å². The first kappa shape index (κ1) is 19.9. The van der Waals surface area contributed by atoms with Crippen molar-refractivity contribution in [2.45, 2.75) is 23.7 Å². The minimum atomic E-state index is -4.72. The third-order valence-electron chi connectivity index (χ3n) is 3.88. The molecule has 1 unspecified atom stereocenters. The number of halogens is 3. The van der Waals surface area contributed by atoms with E-state index < -0.39 is 6.36 Å². The highest BCUT2D eigenvalue weighted by atomic mass is 32.2. The van der Waals surface area contributed by atoms with Crippen LogP contribution in [0.2, 0.25) is 0 Å². The molecular formula is C18H17F3N4O2S. The van der Waals surface area contributed by atoms with Gasteiger partial charge in [0.15, 0.2) is 5.82 Å². The number of alkyl halides is 3. The maximum absolute atomic E-state index is 12.3. The number of hydrogen-bond donors (Lipinski definition) is 1. The normalized spacial score (nSPS) is 12.6. The van der Waals surface area contributed by atoms with Crippen molar-refractivity contribution < 1.29 is 22.6 Å². The quantitative estimate of drug-likeness (QED) is 0.479. The van der Waals surface area contributed by atoms with Crippen LogP contribution in [-0.2, 0) is 0 Å². The molecule has 2 aromatic carbocycles. The van der Waals surface area contributed by atoms with E-state index >= 15 is 0 Å². The first-order chi connectivity index (χ1) is 13.3. The van der Waals surface area contributed by atoms with E-state index in [0.717, 1.165) is 5.56 Å². The van der Waals surface area contributed by atoms with Crippen LogP contribution < -0.4 is 15.3 Å². The van der Waals surface area contributed by atoms with Gasteiger partial charge < -0.3 is 15.3 Å². The third-order valence-corrected chi connectivity index (χ3v) is 4.99. The predicted molar refractivity (Wildman–Crippen MR) is 99.6 cm³/mol. The van der Waals surface area contributed by atoms with Gasteiger partial charge in [-0.2, -0.15) is 0 Å². The number of hydrogen-bond acceptors (Lipinski definition) is 6. The molecule has 0 radical (unpaired) electrons. The molecule has 0 saturated carbocycles. The van der Waals surface area contributed by atoms with Crippen molar-refractivity contribution in [1.29, 1.82) is 0 Å².